The molecule has 0 aliphatic rings. The van der Waals surface area contributed by atoms with E-state index in [2.05, 4.69) is 4.98 Å². The molecule has 0 aliphatic heterocycles. The molecule has 0 atom stereocenters. The molecule has 0 aliphatic carbocycles. The first-order valence-electron chi connectivity index (χ1n) is 10.1. The fourth-order valence-corrected chi connectivity index (χ4v) is 2.95. The predicted octanol–water partition coefficient (Wildman–Crippen LogP) is 4.76. The van der Waals surface area contributed by atoms with Gasteiger partial charge in [0, 0.05) is 31.9 Å². The van der Waals surface area contributed by atoms with Gasteiger partial charge in [-0.25, -0.2) is 8.78 Å². The van der Waals surface area contributed by atoms with Gasteiger partial charge in [0.25, 0.3) is 0 Å². The minimum Gasteiger partial charge on any atom is -0.453 e. The summed E-state index contributed by atoms with van der Waals surface area (Å²) in [4.78, 5) is 20.3. The Hall–Kier alpha value is -3.58. The van der Waals surface area contributed by atoms with Crippen LogP contribution in [0.5, 0.6) is 11.5 Å². The van der Waals surface area contributed by atoms with Gasteiger partial charge >= 0.3 is 0 Å². The summed E-state index contributed by atoms with van der Waals surface area (Å²) in [5.41, 5.74) is 1.22. The highest BCUT2D eigenvalue weighted by Crippen LogP contribution is 2.25. The van der Waals surface area contributed by atoms with Gasteiger partial charge in [-0.2, -0.15) is 0 Å². The number of benzene rings is 2. The van der Waals surface area contributed by atoms with Crippen LogP contribution in [0.4, 0.5) is 8.78 Å². The van der Waals surface area contributed by atoms with Gasteiger partial charge in [-0.05, 0) is 67.7 Å². The van der Waals surface area contributed by atoms with Crippen LogP contribution >= 0.6 is 0 Å². The lowest BCUT2D eigenvalue weighted by molar-refractivity contribution is -0.126. The third-order valence-corrected chi connectivity index (χ3v) is 4.63. The van der Waals surface area contributed by atoms with Crippen LogP contribution in [0.3, 0.4) is 0 Å². The van der Waals surface area contributed by atoms with Crippen molar-refractivity contribution in [2.24, 2.45) is 0 Å². The van der Waals surface area contributed by atoms with E-state index in [1.54, 1.807) is 47.5 Å². The number of hydrogen-bond acceptors (Lipinski definition) is 4. The van der Waals surface area contributed by atoms with Gasteiger partial charge < -0.3 is 14.5 Å². The van der Waals surface area contributed by atoms with Crippen LogP contribution in [-0.4, -0.2) is 47.9 Å². The quantitative estimate of drug-likeness (QED) is 0.453. The summed E-state index contributed by atoms with van der Waals surface area (Å²) in [6.07, 6.45) is 6.04. The molecular formula is C25H25F2N3O2. The lowest BCUT2D eigenvalue weighted by Gasteiger charge is -2.23. The lowest BCUT2D eigenvalue weighted by atomic mass is 10.1. The van der Waals surface area contributed by atoms with Crippen molar-refractivity contribution in [3.05, 3.63) is 95.8 Å². The Morgan fingerprint density at radius 1 is 1.06 bits per heavy atom. The number of carbonyl (C=O) groups is 1. The van der Waals surface area contributed by atoms with Gasteiger partial charge in [0.15, 0.2) is 11.6 Å². The molecule has 0 spiro atoms. The zero-order chi connectivity index (χ0) is 22.9. The Kier molecular flexibility index (Phi) is 8.05. The van der Waals surface area contributed by atoms with Crippen LogP contribution in [0.2, 0.25) is 0 Å². The number of amides is 1. The highest BCUT2D eigenvalue weighted by molar-refractivity contribution is 5.91. The number of hydrogen-bond donors (Lipinski definition) is 0. The maximum Gasteiger partial charge on any atom is 0.246 e. The Morgan fingerprint density at radius 3 is 2.59 bits per heavy atom. The minimum atomic E-state index is -0.548. The van der Waals surface area contributed by atoms with Gasteiger partial charge in [-0.1, -0.05) is 18.2 Å². The van der Waals surface area contributed by atoms with Crippen molar-refractivity contribution in [3.8, 4) is 11.5 Å². The van der Waals surface area contributed by atoms with Gasteiger partial charge in [0.05, 0.1) is 6.20 Å². The molecule has 1 aromatic heterocycles. The number of pyridine rings is 1. The molecule has 0 radical (unpaired) electrons. The minimum absolute atomic E-state index is 0.0696. The lowest BCUT2D eigenvalue weighted by Crippen LogP contribution is -2.35. The van der Waals surface area contributed by atoms with E-state index >= 15 is 0 Å². The van der Waals surface area contributed by atoms with E-state index in [0.717, 1.165) is 0 Å². The van der Waals surface area contributed by atoms with E-state index in [1.165, 1.54) is 36.5 Å². The van der Waals surface area contributed by atoms with Crippen molar-refractivity contribution in [1.82, 2.24) is 14.8 Å². The largest absolute Gasteiger partial charge is 0.453 e. The Morgan fingerprint density at radius 2 is 1.91 bits per heavy atom. The number of ether oxygens (including phenoxy) is 1. The zero-order valence-corrected chi connectivity index (χ0v) is 18.0. The van der Waals surface area contributed by atoms with E-state index in [9.17, 15) is 13.6 Å². The highest BCUT2D eigenvalue weighted by atomic mass is 19.1. The fourth-order valence-electron chi connectivity index (χ4n) is 2.95. The smallest absolute Gasteiger partial charge is 0.246 e. The van der Waals surface area contributed by atoms with Crippen LogP contribution in [-0.2, 0) is 11.3 Å². The van der Waals surface area contributed by atoms with Crippen LogP contribution in [0.15, 0.2) is 73.1 Å². The maximum absolute atomic E-state index is 14.4. The third-order valence-electron chi connectivity index (χ3n) is 4.63. The molecule has 0 saturated carbocycles. The molecule has 0 unspecified atom stereocenters. The number of nitrogens with zero attached hydrogens (tertiary/aromatic N) is 3. The average Bonchev–Trinajstić information content (AvgIpc) is 2.77. The molecule has 1 amide bonds. The monoisotopic (exact) mass is 437 g/mol. The summed E-state index contributed by atoms with van der Waals surface area (Å²) < 4.78 is 33.5. The van der Waals surface area contributed by atoms with E-state index in [-0.39, 0.29) is 24.0 Å². The Bertz CT molecular complexity index is 1070. The molecule has 3 rings (SSSR count). The van der Waals surface area contributed by atoms with E-state index < -0.39 is 5.82 Å². The second-order valence-corrected chi connectivity index (χ2v) is 7.51. The molecule has 7 heteroatoms. The first kappa shape index (κ1) is 23.1. The van der Waals surface area contributed by atoms with Crippen molar-refractivity contribution in [2.45, 2.75) is 6.54 Å². The first-order chi connectivity index (χ1) is 15.4. The number of likely N-dealkylation sites (N-methyl/N-ethyl adjacent to an activating group) is 1. The molecule has 2 aromatic carbocycles. The van der Waals surface area contributed by atoms with Crippen molar-refractivity contribution in [2.75, 3.05) is 27.2 Å². The van der Waals surface area contributed by atoms with Crippen LogP contribution < -0.4 is 4.74 Å². The molecular weight excluding hydrogens is 412 g/mol. The summed E-state index contributed by atoms with van der Waals surface area (Å²) in [5, 5.41) is 0. The normalized spacial score (nSPS) is 11.2. The maximum atomic E-state index is 14.4. The van der Waals surface area contributed by atoms with E-state index in [1.807, 2.05) is 19.0 Å². The van der Waals surface area contributed by atoms with Gasteiger partial charge in [-0.3, -0.25) is 9.78 Å². The molecule has 1 heterocycles. The zero-order valence-electron chi connectivity index (χ0n) is 18.0. The average molecular weight is 437 g/mol. The SMILES string of the molecule is CN(C)CCN(Cc1cccc(F)c1)C(=O)/C=C/c1ccc(Oc2cccnc2)c(F)c1. The van der Waals surface area contributed by atoms with Gasteiger partial charge in [0.2, 0.25) is 5.91 Å². The first-order valence-corrected chi connectivity index (χ1v) is 10.1. The Labute approximate surface area is 186 Å². The molecule has 0 fully saturated rings. The van der Waals surface area contributed by atoms with Crippen molar-refractivity contribution in [3.63, 3.8) is 0 Å². The van der Waals surface area contributed by atoms with Crippen LogP contribution in [0.1, 0.15) is 11.1 Å². The topological polar surface area (TPSA) is 45.7 Å². The van der Waals surface area contributed by atoms with E-state index in [0.29, 0.717) is 30.0 Å². The van der Waals surface area contributed by atoms with Gasteiger partial charge in [0.1, 0.15) is 11.6 Å². The van der Waals surface area contributed by atoms with Crippen molar-refractivity contribution in [1.29, 1.82) is 0 Å². The second-order valence-electron chi connectivity index (χ2n) is 7.51. The Balaban J connectivity index is 1.70. The number of aromatic nitrogens is 1. The number of carbonyl (C=O) groups excluding carboxylic acids is 1. The molecule has 32 heavy (non-hydrogen) atoms. The third kappa shape index (κ3) is 6.99. The molecule has 0 N–H and O–H groups in total. The molecule has 0 saturated heterocycles. The molecule has 3 aromatic rings. The standard InChI is InChI=1S/C25H25F2N3O2/c1-29(2)13-14-30(18-20-5-3-6-21(26)15-20)25(31)11-9-19-8-10-24(23(27)16-19)32-22-7-4-12-28-17-22/h3-12,15-17H,13-14,18H2,1-2H3/b11-9+. The summed E-state index contributed by atoms with van der Waals surface area (Å²) in [6, 6.07) is 14.0. The predicted molar refractivity (Wildman–Crippen MR) is 120 cm³/mol. The summed E-state index contributed by atoms with van der Waals surface area (Å²) in [5.74, 6) is -0.638. The van der Waals surface area contributed by atoms with Crippen LogP contribution in [0, 0.1) is 11.6 Å². The highest BCUT2D eigenvalue weighted by Gasteiger charge is 2.13. The number of rotatable bonds is 9. The molecule has 166 valence electrons. The van der Waals surface area contributed by atoms with E-state index in [4.69, 9.17) is 4.74 Å². The van der Waals surface area contributed by atoms with Crippen molar-refractivity contribution < 1.29 is 18.3 Å². The van der Waals surface area contributed by atoms with Gasteiger partial charge in [-0.15, -0.1) is 0 Å². The summed E-state index contributed by atoms with van der Waals surface area (Å²) in [6.45, 7) is 1.41. The molecule has 5 nitrogen and oxygen atoms in total. The second kappa shape index (κ2) is 11.2. The molecule has 0 bridgehead atoms. The summed E-state index contributed by atoms with van der Waals surface area (Å²) in [7, 11) is 3.83. The number of halogens is 2. The summed E-state index contributed by atoms with van der Waals surface area (Å²) >= 11 is 0. The fraction of sp³-hybridized carbons (Fsp3) is 0.200. The van der Waals surface area contributed by atoms with Crippen molar-refractivity contribution >= 4 is 12.0 Å². The van der Waals surface area contributed by atoms with Crippen LogP contribution in [0.25, 0.3) is 6.08 Å².